The quantitative estimate of drug-likeness (QED) is 0.642. The number of piperidine rings is 1. The average Bonchev–Trinajstić information content (AvgIpc) is 2.74. The molecular weight excluding hydrogens is 388 g/mol. The zero-order chi connectivity index (χ0) is 20.4. The molecule has 4 rings (SSSR count). The zero-order valence-electron chi connectivity index (χ0n) is 15.8. The van der Waals surface area contributed by atoms with E-state index in [0.29, 0.717) is 10.7 Å². The van der Waals surface area contributed by atoms with Crippen LogP contribution in [0, 0.1) is 5.92 Å². The Bertz CT molecular complexity index is 1060. The lowest BCUT2D eigenvalue weighted by molar-refractivity contribution is -0.122. The van der Waals surface area contributed by atoms with Crippen LogP contribution in [0.25, 0.3) is 10.9 Å². The van der Waals surface area contributed by atoms with Crippen LogP contribution in [0.1, 0.15) is 23.2 Å². The number of nitrogens with zero attached hydrogens (tertiary/aromatic N) is 2. The van der Waals surface area contributed by atoms with Gasteiger partial charge in [0.1, 0.15) is 5.15 Å². The molecule has 0 saturated carbocycles. The fourth-order valence-corrected chi connectivity index (χ4v) is 3.78. The number of nitrogens with one attached hydrogen (secondary N) is 1. The molecule has 1 aliphatic heterocycles. The molecule has 2 aromatic carbocycles. The van der Waals surface area contributed by atoms with Crippen molar-refractivity contribution < 1.29 is 9.59 Å². The SMILES string of the molecule is NC(=O)C1CCN(c2ccc(NC(=O)c3ccc4nc(Cl)ccc4c3)cc2)CC1. The number of nitrogens with two attached hydrogens (primary N) is 1. The number of fused-ring (bicyclic) bond motifs is 1. The number of carbonyl (C=O) groups excluding carboxylic acids is 2. The van der Waals surface area contributed by atoms with Crippen molar-refractivity contribution in [3.05, 3.63) is 65.3 Å². The molecular formula is C22H21ClN4O2. The fourth-order valence-electron chi connectivity index (χ4n) is 3.62. The first-order valence-electron chi connectivity index (χ1n) is 9.51. The first-order chi connectivity index (χ1) is 14.0. The molecule has 6 nitrogen and oxygen atoms in total. The lowest BCUT2D eigenvalue weighted by Crippen LogP contribution is -2.38. The molecule has 3 aromatic rings. The molecule has 1 aliphatic rings. The van der Waals surface area contributed by atoms with Crippen LogP contribution < -0.4 is 16.0 Å². The highest BCUT2D eigenvalue weighted by Gasteiger charge is 2.23. The maximum Gasteiger partial charge on any atom is 0.255 e. The van der Waals surface area contributed by atoms with Gasteiger partial charge in [-0.3, -0.25) is 9.59 Å². The molecule has 0 aliphatic carbocycles. The Kier molecular flexibility index (Phi) is 5.36. The van der Waals surface area contributed by atoms with E-state index in [1.807, 2.05) is 30.3 Å². The van der Waals surface area contributed by atoms with E-state index < -0.39 is 0 Å². The number of aromatic nitrogens is 1. The molecule has 2 amide bonds. The number of amides is 2. The summed E-state index contributed by atoms with van der Waals surface area (Å²) >= 11 is 5.90. The van der Waals surface area contributed by atoms with Crippen LogP contribution in [0.4, 0.5) is 11.4 Å². The minimum atomic E-state index is -0.213. The van der Waals surface area contributed by atoms with Crippen LogP contribution >= 0.6 is 11.6 Å². The molecule has 29 heavy (non-hydrogen) atoms. The smallest absolute Gasteiger partial charge is 0.255 e. The topological polar surface area (TPSA) is 88.3 Å². The van der Waals surface area contributed by atoms with Gasteiger partial charge < -0.3 is 16.0 Å². The molecule has 148 valence electrons. The molecule has 0 unspecified atom stereocenters. The van der Waals surface area contributed by atoms with Crippen molar-refractivity contribution in [3.63, 3.8) is 0 Å². The van der Waals surface area contributed by atoms with Crippen LogP contribution in [0.2, 0.25) is 5.15 Å². The number of hydrogen-bond acceptors (Lipinski definition) is 4. The van der Waals surface area contributed by atoms with Gasteiger partial charge in [0, 0.05) is 41.3 Å². The summed E-state index contributed by atoms with van der Waals surface area (Å²) in [6.45, 7) is 1.60. The minimum Gasteiger partial charge on any atom is -0.371 e. The summed E-state index contributed by atoms with van der Waals surface area (Å²) < 4.78 is 0. The number of halogens is 1. The van der Waals surface area contributed by atoms with Crippen molar-refractivity contribution in [2.45, 2.75) is 12.8 Å². The molecule has 0 bridgehead atoms. The maximum absolute atomic E-state index is 12.6. The van der Waals surface area contributed by atoms with E-state index in [9.17, 15) is 9.59 Å². The van der Waals surface area contributed by atoms with Crippen molar-refractivity contribution in [1.29, 1.82) is 0 Å². The number of primary amides is 1. The summed E-state index contributed by atoms with van der Waals surface area (Å²) in [4.78, 5) is 30.4. The Morgan fingerprint density at radius 2 is 1.76 bits per heavy atom. The average molecular weight is 409 g/mol. The number of rotatable bonds is 4. The monoisotopic (exact) mass is 408 g/mol. The predicted octanol–water partition coefficient (Wildman–Crippen LogP) is 3.84. The van der Waals surface area contributed by atoms with Gasteiger partial charge in [0.2, 0.25) is 5.91 Å². The molecule has 0 spiro atoms. The summed E-state index contributed by atoms with van der Waals surface area (Å²) in [5, 5.41) is 4.20. The van der Waals surface area contributed by atoms with Crippen molar-refractivity contribution in [3.8, 4) is 0 Å². The largest absolute Gasteiger partial charge is 0.371 e. The predicted molar refractivity (Wildman–Crippen MR) is 115 cm³/mol. The molecule has 0 radical (unpaired) electrons. The van der Waals surface area contributed by atoms with Gasteiger partial charge in [0.15, 0.2) is 0 Å². The third-order valence-corrected chi connectivity index (χ3v) is 5.52. The highest BCUT2D eigenvalue weighted by Crippen LogP contribution is 2.25. The number of pyridine rings is 1. The number of benzene rings is 2. The Morgan fingerprint density at radius 1 is 1.03 bits per heavy atom. The Balaban J connectivity index is 1.41. The van der Waals surface area contributed by atoms with Crippen molar-refractivity contribution in [2.24, 2.45) is 11.7 Å². The Labute approximate surface area is 173 Å². The van der Waals surface area contributed by atoms with E-state index in [1.165, 1.54) is 0 Å². The van der Waals surface area contributed by atoms with E-state index in [-0.39, 0.29) is 17.7 Å². The van der Waals surface area contributed by atoms with E-state index >= 15 is 0 Å². The van der Waals surface area contributed by atoms with Crippen molar-refractivity contribution in [1.82, 2.24) is 4.98 Å². The second-order valence-corrected chi connectivity index (χ2v) is 7.59. The van der Waals surface area contributed by atoms with Crippen LogP contribution in [-0.2, 0) is 4.79 Å². The second kappa shape index (κ2) is 8.09. The lowest BCUT2D eigenvalue weighted by atomic mass is 9.96. The second-order valence-electron chi connectivity index (χ2n) is 7.21. The molecule has 7 heteroatoms. The van der Waals surface area contributed by atoms with Crippen LogP contribution in [0.5, 0.6) is 0 Å². The van der Waals surface area contributed by atoms with Gasteiger partial charge in [-0.1, -0.05) is 11.6 Å². The van der Waals surface area contributed by atoms with Gasteiger partial charge in [-0.05, 0) is 67.4 Å². The third-order valence-electron chi connectivity index (χ3n) is 5.31. The van der Waals surface area contributed by atoms with E-state index in [0.717, 1.165) is 48.2 Å². The maximum atomic E-state index is 12.6. The van der Waals surface area contributed by atoms with Gasteiger partial charge in [-0.2, -0.15) is 0 Å². The normalized spacial score (nSPS) is 14.7. The van der Waals surface area contributed by atoms with Gasteiger partial charge in [-0.25, -0.2) is 4.98 Å². The van der Waals surface area contributed by atoms with Crippen molar-refractivity contribution in [2.75, 3.05) is 23.3 Å². The third kappa shape index (κ3) is 4.32. The zero-order valence-corrected chi connectivity index (χ0v) is 16.5. The summed E-state index contributed by atoms with van der Waals surface area (Å²) in [7, 11) is 0. The van der Waals surface area contributed by atoms with Crippen LogP contribution in [0.15, 0.2) is 54.6 Å². The first-order valence-corrected chi connectivity index (χ1v) is 9.89. The fraction of sp³-hybridized carbons (Fsp3) is 0.227. The van der Waals surface area contributed by atoms with E-state index in [4.69, 9.17) is 17.3 Å². The highest BCUT2D eigenvalue weighted by molar-refractivity contribution is 6.29. The summed E-state index contributed by atoms with van der Waals surface area (Å²) in [5.41, 5.74) is 8.49. The lowest BCUT2D eigenvalue weighted by Gasteiger charge is -2.32. The van der Waals surface area contributed by atoms with Gasteiger partial charge in [0.05, 0.1) is 5.52 Å². The molecule has 2 heterocycles. The van der Waals surface area contributed by atoms with Gasteiger partial charge >= 0.3 is 0 Å². The molecule has 0 atom stereocenters. The Morgan fingerprint density at radius 3 is 2.45 bits per heavy atom. The van der Waals surface area contributed by atoms with Gasteiger partial charge in [-0.15, -0.1) is 0 Å². The Hall–Kier alpha value is -3.12. The minimum absolute atomic E-state index is 0.0296. The molecule has 1 saturated heterocycles. The molecule has 1 fully saturated rings. The number of hydrogen-bond donors (Lipinski definition) is 2. The standard InChI is InChI=1S/C22H21ClN4O2/c23-20-8-2-15-13-16(1-7-19(15)26-20)22(29)25-17-3-5-18(6-4-17)27-11-9-14(10-12-27)21(24)28/h1-8,13-14H,9-12H2,(H2,24,28)(H,25,29). The molecule has 1 aromatic heterocycles. The van der Waals surface area contributed by atoms with Gasteiger partial charge in [0.25, 0.3) is 5.91 Å². The number of carbonyl (C=O) groups is 2. The van der Waals surface area contributed by atoms with Crippen molar-refractivity contribution >= 4 is 45.7 Å². The number of anilines is 2. The highest BCUT2D eigenvalue weighted by atomic mass is 35.5. The first kappa shape index (κ1) is 19.2. The summed E-state index contributed by atoms with van der Waals surface area (Å²) in [5.74, 6) is -0.426. The van der Waals surface area contributed by atoms with Crippen LogP contribution in [-0.4, -0.2) is 29.9 Å². The summed E-state index contributed by atoms with van der Waals surface area (Å²) in [6.07, 6.45) is 1.55. The van der Waals surface area contributed by atoms with Crippen LogP contribution in [0.3, 0.4) is 0 Å². The van der Waals surface area contributed by atoms with E-state index in [2.05, 4.69) is 15.2 Å². The summed E-state index contributed by atoms with van der Waals surface area (Å²) in [6, 6.07) is 16.6. The molecule has 3 N–H and O–H groups in total. The van der Waals surface area contributed by atoms with E-state index in [1.54, 1.807) is 24.3 Å².